The quantitative estimate of drug-likeness (QED) is 0.541. The van der Waals surface area contributed by atoms with Crippen LogP contribution in [-0.4, -0.2) is 40.8 Å². The van der Waals surface area contributed by atoms with Gasteiger partial charge in [0.2, 0.25) is 0 Å². The molecule has 0 saturated heterocycles. The molecule has 0 heterocycles. The van der Waals surface area contributed by atoms with Crippen molar-refractivity contribution in [2.75, 3.05) is 26.6 Å². The highest BCUT2D eigenvalue weighted by molar-refractivity contribution is 7.90. The van der Waals surface area contributed by atoms with Gasteiger partial charge in [0, 0.05) is 24.8 Å². The van der Waals surface area contributed by atoms with Crippen molar-refractivity contribution in [1.29, 1.82) is 0 Å². The first kappa shape index (κ1) is 16.7. The van der Waals surface area contributed by atoms with Crippen LogP contribution in [0.15, 0.2) is 18.2 Å². The van der Waals surface area contributed by atoms with Gasteiger partial charge in [-0.3, -0.25) is 4.79 Å². The maximum atomic E-state index is 12.0. The fraction of sp³-hybridized carbons (Fsp3) is 0.500. The summed E-state index contributed by atoms with van der Waals surface area (Å²) in [6, 6.07) is 4.83. The third-order valence-corrected chi connectivity index (χ3v) is 4.53. The number of methoxy groups -OCH3 is 2. The molecule has 0 aliphatic heterocycles. The standard InChI is InChI=1S/C14H20O5S/c1-11(15)12-5-6-14(19-3)13(9-12)10-20(16,17)8-4-7-18-2/h5-6,9H,4,7-8,10H2,1-3H3. The van der Waals surface area contributed by atoms with E-state index >= 15 is 0 Å². The topological polar surface area (TPSA) is 69.7 Å². The first-order valence-electron chi connectivity index (χ1n) is 6.27. The number of ether oxygens (including phenoxy) is 2. The minimum absolute atomic E-state index is 0.0499. The molecule has 6 heteroatoms. The SMILES string of the molecule is COCCCS(=O)(=O)Cc1cc(C(C)=O)ccc1OC. The maximum Gasteiger partial charge on any atom is 0.159 e. The Balaban J connectivity index is 2.94. The lowest BCUT2D eigenvalue weighted by Gasteiger charge is -2.10. The average molecular weight is 300 g/mol. The summed E-state index contributed by atoms with van der Waals surface area (Å²) in [6.07, 6.45) is 0.452. The highest BCUT2D eigenvalue weighted by Gasteiger charge is 2.16. The van der Waals surface area contributed by atoms with E-state index in [1.165, 1.54) is 21.1 Å². The van der Waals surface area contributed by atoms with Gasteiger partial charge in [0.15, 0.2) is 15.6 Å². The van der Waals surface area contributed by atoms with Crippen LogP contribution in [0, 0.1) is 0 Å². The van der Waals surface area contributed by atoms with E-state index in [2.05, 4.69) is 0 Å². The number of hydrogen-bond donors (Lipinski definition) is 0. The second-order valence-electron chi connectivity index (χ2n) is 4.52. The number of hydrogen-bond acceptors (Lipinski definition) is 5. The fourth-order valence-electron chi connectivity index (χ4n) is 1.84. The molecule has 0 saturated carbocycles. The summed E-state index contributed by atoms with van der Waals surface area (Å²) < 4.78 is 34.1. The third kappa shape index (κ3) is 4.94. The van der Waals surface area contributed by atoms with Gasteiger partial charge in [0.05, 0.1) is 18.6 Å². The molecule has 1 rings (SSSR count). The summed E-state index contributed by atoms with van der Waals surface area (Å²) >= 11 is 0. The van der Waals surface area contributed by atoms with Crippen molar-refractivity contribution in [3.8, 4) is 5.75 Å². The van der Waals surface area contributed by atoms with E-state index in [0.717, 1.165) is 0 Å². The Bertz CT molecular complexity index is 563. The Hall–Kier alpha value is -1.40. The Morgan fingerprint density at radius 3 is 2.50 bits per heavy atom. The highest BCUT2D eigenvalue weighted by Crippen LogP contribution is 2.23. The van der Waals surface area contributed by atoms with Crippen LogP contribution in [0.2, 0.25) is 0 Å². The van der Waals surface area contributed by atoms with Crippen LogP contribution in [-0.2, 0) is 20.3 Å². The van der Waals surface area contributed by atoms with Crippen molar-refractivity contribution in [3.63, 3.8) is 0 Å². The molecule has 0 unspecified atom stereocenters. The number of Topliss-reactive ketones (excluding diaryl/α,β-unsaturated/α-hetero) is 1. The lowest BCUT2D eigenvalue weighted by atomic mass is 10.1. The van der Waals surface area contributed by atoms with Crippen molar-refractivity contribution >= 4 is 15.6 Å². The first-order chi connectivity index (χ1) is 9.39. The summed E-state index contributed by atoms with van der Waals surface area (Å²) in [6.45, 7) is 1.85. The van der Waals surface area contributed by atoms with E-state index in [1.54, 1.807) is 18.2 Å². The summed E-state index contributed by atoms with van der Waals surface area (Å²) in [7, 11) is -0.244. The second-order valence-corrected chi connectivity index (χ2v) is 6.71. The van der Waals surface area contributed by atoms with Gasteiger partial charge in [-0.15, -0.1) is 0 Å². The Morgan fingerprint density at radius 1 is 1.25 bits per heavy atom. The normalized spacial score (nSPS) is 11.3. The zero-order valence-corrected chi connectivity index (χ0v) is 12.8. The number of rotatable bonds is 8. The predicted molar refractivity (Wildman–Crippen MR) is 77.0 cm³/mol. The molecule has 0 bridgehead atoms. The minimum atomic E-state index is -3.25. The molecule has 0 radical (unpaired) electrons. The van der Waals surface area contributed by atoms with Crippen LogP contribution in [0.5, 0.6) is 5.75 Å². The number of sulfone groups is 1. The molecule has 20 heavy (non-hydrogen) atoms. The third-order valence-electron chi connectivity index (χ3n) is 2.87. The number of ketones is 1. The molecular formula is C14H20O5S. The van der Waals surface area contributed by atoms with Crippen molar-refractivity contribution in [2.45, 2.75) is 19.1 Å². The zero-order valence-electron chi connectivity index (χ0n) is 12.0. The van der Waals surface area contributed by atoms with E-state index in [0.29, 0.717) is 29.9 Å². The monoisotopic (exact) mass is 300 g/mol. The van der Waals surface area contributed by atoms with Crippen LogP contribution in [0.1, 0.15) is 29.3 Å². The van der Waals surface area contributed by atoms with Gasteiger partial charge < -0.3 is 9.47 Å². The Morgan fingerprint density at radius 2 is 1.95 bits per heavy atom. The predicted octanol–water partition coefficient (Wildman–Crippen LogP) is 1.85. The molecule has 0 spiro atoms. The number of carbonyl (C=O) groups is 1. The van der Waals surface area contributed by atoms with Crippen LogP contribution < -0.4 is 4.74 Å². The molecule has 112 valence electrons. The Kier molecular flexibility index (Phi) is 6.16. The molecular weight excluding hydrogens is 280 g/mol. The summed E-state index contributed by atoms with van der Waals surface area (Å²) in [5.41, 5.74) is 0.991. The van der Waals surface area contributed by atoms with Crippen molar-refractivity contribution < 1.29 is 22.7 Å². The summed E-state index contributed by atoms with van der Waals surface area (Å²) in [5, 5.41) is 0. The number of benzene rings is 1. The van der Waals surface area contributed by atoms with Crippen LogP contribution in [0.3, 0.4) is 0 Å². The van der Waals surface area contributed by atoms with Crippen LogP contribution in [0.25, 0.3) is 0 Å². The highest BCUT2D eigenvalue weighted by atomic mass is 32.2. The van der Waals surface area contributed by atoms with Gasteiger partial charge in [-0.1, -0.05) is 0 Å². The molecule has 0 aliphatic carbocycles. The molecule has 0 amide bonds. The second kappa shape index (κ2) is 7.40. The molecule has 0 N–H and O–H groups in total. The number of carbonyl (C=O) groups excluding carboxylic acids is 1. The molecule has 5 nitrogen and oxygen atoms in total. The lowest BCUT2D eigenvalue weighted by molar-refractivity contribution is 0.101. The van der Waals surface area contributed by atoms with E-state index in [-0.39, 0.29) is 17.3 Å². The van der Waals surface area contributed by atoms with Gasteiger partial charge in [0.1, 0.15) is 5.75 Å². The lowest BCUT2D eigenvalue weighted by Crippen LogP contribution is -2.12. The average Bonchev–Trinajstić information content (AvgIpc) is 2.38. The van der Waals surface area contributed by atoms with Gasteiger partial charge in [-0.05, 0) is 31.5 Å². The maximum absolute atomic E-state index is 12.0. The first-order valence-corrected chi connectivity index (χ1v) is 8.09. The van der Waals surface area contributed by atoms with Crippen LogP contribution >= 0.6 is 0 Å². The van der Waals surface area contributed by atoms with E-state index in [9.17, 15) is 13.2 Å². The smallest absolute Gasteiger partial charge is 0.159 e. The molecule has 0 aromatic heterocycles. The van der Waals surface area contributed by atoms with Gasteiger partial charge in [-0.25, -0.2) is 8.42 Å². The Labute approximate surface area is 119 Å². The zero-order chi connectivity index (χ0) is 15.2. The molecule has 1 aromatic rings. The van der Waals surface area contributed by atoms with Gasteiger partial charge in [0.25, 0.3) is 0 Å². The largest absolute Gasteiger partial charge is 0.496 e. The molecule has 1 aromatic carbocycles. The van der Waals surface area contributed by atoms with Crippen molar-refractivity contribution in [1.82, 2.24) is 0 Å². The van der Waals surface area contributed by atoms with E-state index in [4.69, 9.17) is 9.47 Å². The van der Waals surface area contributed by atoms with Gasteiger partial charge >= 0.3 is 0 Å². The summed E-state index contributed by atoms with van der Waals surface area (Å²) in [5.74, 6) is 0.283. The summed E-state index contributed by atoms with van der Waals surface area (Å²) in [4.78, 5) is 11.4. The van der Waals surface area contributed by atoms with Gasteiger partial charge in [-0.2, -0.15) is 0 Å². The molecule has 0 aliphatic rings. The molecule has 0 fully saturated rings. The van der Waals surface area contributed by atoms with E-state index < -0.39 is 9.84 Å². The van der Waals surface area contributed by atoms with Crippen molar-refractivity contribution in [2.24, 2.45) is 0 Å². The molecule has 0 atom stereocenters. The van der Waals surface area contributed by atoms with E-state index in [1.807, 2.05) is 0 Å². The fourth-order valence-corrected chi connectivity index (χ4v) is 3.24. The van der Waals surface area contributed by atoms with Crippen molar-refractivity contribution in [3.05, 3.63) is 29.3 Å². The minimum Gasteiger partial charge on any atom is -0.496 e. The van der Waals surface area contributed by atoms with Crippen LogP contribution in [0.4, 0.5) is 0 Å².